The predicted molar refractivity (Wildman–Crippen MR) is 140 cm³/mol. The average molecular weight is 489 g/mol. The summed E-state index contributed by atoms with van der Waals surface area (Å²) in [6, 6.07) is 31.2. The third kappa shape index (κ3) is 6.06. The maximum atomic E-state index is 14.3. The molecule has 35 heavy (non-hydrogen) atoms. The molecule has 0 radical (unpaired) electrons. The van der Waals surface area contributed by atoms with Crippen LogP contribution in [0.15, 0.2) is 103 Å². The van der Waals surface area contributed by atoms with Gasteiger partial charge in [0.15, 0.2) is 18.6 Å². The highest BCUT2D eigenvalue weighted by Crippen LogP contribution is 2.42. The zero-order chi connectivity index (χ0) is 24.5. The molecule has 0 bridgehead atoms. The van der Waals surface area contributed by atoms with Gasteiger partial charge >= 0.3 is 0 Å². The second-order valence-electron chi connectivity index (χ2n) is 8.18. The highest BCUT2D eigenvalue weighted by atomic mass is 31.2. The standard InChI is InChI=1S/C29H29O5P/c30-28-19-16-24(22-29(28)31)34-21-9-3-8-20-33-23-14-17-27(18-15-23)35(32,25-10-4-1-5-11-25)26-12-6-2-7-13-26/h1-2,4-7,10-19,22,30-31H,3,8-9,20-21H2. The summed E-state index contributed by atoms with van der Waals surface area (Å²) in [6.45, 7) is 1.10. The van der Waals surface area contributed by atoms with Crippen molar-refractivity contribution in [3.05, 3.63) is 103 Å². The molecule has 6 heteroatoms. The van der Waals surface area contributed by atoms with Gasteiger partial charge in [-0.25, -0.2) is 0 Å². The maximum Gasteiger partial charge on any atom is 0.171 e. The van der Waals surface area contributed by atoms with Crippen molar-refractivity contribution < 1.29 is 24.3 Å². The molecular weight excluding hydrogens is 459 g/mol. The number of hydrogen-bond donors (Lipinski definition) is 2. The molecule has 0 aliphatic rings. The molecule has 180 valence electrons. The van der Waals surface area contributed by atoms with Crippen molar-refractivity contribution in [1.82, 2.24) is 0 Å². The normalized spacial score (nSPS) is 11.2. The Morgan fingerprint density at radius 2 is 1.03 bits per heavy atom. The van der Waals surface area contributed by atoms with Crippen LogP contribution in [0, 0.1) is 0 Å². The monoisotopic (exact) mass is 488 g/mol. The van der Waals surface area contributed by atoms with E-state index in [1.165, 1.54) is 12.1 Å². The molecule has 0 aromatic heterocycles. The van der Waals surface area contributed by atoms with Gasteiger partial charge in [-0.15, -0.1) is 0 Å². The molecule has 0 atom stereocenters. The summed E-state index contributed by atoms with van der Waals surface area (Å²) in [5.41, 5.74) is 0. The highest BCUT2D eigenvalue weighted by molar-refractivity contribution is 7.85. The lowest BCUT2D eigenvalue weighted by atomic mass is 10.2. The van der Waals surface area contributed by atoms with Gasteiger partial charge in [0, 0.05) is 22.0 Å². The van der Waals surface area contributed by atoms with Crippen LogP contribution in [0.1, 0.15) is 19.3 Å². The summed E-state index contributed by atoms with van der Waals surface area (Å²) in [4.78, 5) is 0. The smallest absolute Gasteiger partial charge is 0.171 e. The molecule has 0 spiro atoms. The van der Waals surface area contributed by atoms with E-state index in [0.29, 0.717) is 19.0 Å². The van der Waals surface area contributed by atoms with Crippen LogP contribution in [0.3, 0.4) is 0 Å². The summed E-state index contributed by atoms with van der Waals surface area (Å²) in [5, 5.41) is 21.2. The van der Waals surface area contributed by atoms with E-state index in [4.69, 9.17) is 9.47 Å². The van der Waals surface area contributed by atoms with E-state index in [-0.39, 0.29) is 11.5 Å². The molecule has 0 aliphatic heterocycles. The van der Waals surface area contributed by atoms with Gasteiger partial charge in [-0.2, -0.15) is 0 Å². The number of rotatable bonds is 11. The summed E-state index contributed by atoms with van der Waals surface area (Å²) >= 11 is 0. The van der Waals surface area contributed by atoms with E-state index in [0.717, 1.165) is 40.9 Å². The summed E-state index contributed by atoms with van der Waals surface area (Å²) in [5.74, 6) is 0.925. The number of benzene rings is 4. The van der Waals surface area contributed by atoms with Crippen LogP contribution < -0.4 is 25.4 Å². The van der Waals surface area contributed by atoms with Crippen LogP contribution in [0.25, 0.3) is 0 Å². The van der Waals surface area contributed by atoms with Crippen molar-refractivity contribution in [2.24, 2.45) is 0 Å². The molecule has 0 aliphatic carbocycles. The first-order valence-electron chi connectivity index (χ1n) is 11.7. The van der Waals surface area contributed by atoms with Crippen molar-refractivity contribution in [2.75, 3.05) is 13.2 Å². The van der Waals surface area contributed by atoms with Crippen LogP contribution in [0.4, 0.5) is 0 Å². The van der Waals surface area contributed by atoms with E-state index < -0.39 is 7.14 Å². The third-order valence-electron chi connectivity index (χ3n) is 5.71. The molecule has 4 aromatic carbocycles. The van der Waals surface area contributed by atoms with Gasteiger partial charge < -0.3 is 24.3 Å². The number of phenolic OH excluding ortho intramolecular Hbond substituents is 2. The summed E-state index contributed by atoms with van der Waals surface area (Å²) < 4.78 is 25.8. The first-order chi connectivity index (χ1) is 17.1. The lowest BCUT2D eigenvalue weighted by Crippen LogP contribution is -2.24. The first kappa shape index (κ1) is 24.4. The van der Waals surface area contributed by atoms with Crippen molar-refractivity contribution in [3.63, 3.8) is 0 Å². The molecule has 0 saturated heterocycles. The largest absolute Gasteiger partial charge is 0.504 e. The van der Waals surface area contributed by atoms with Gasteiger partial charge in [0.1, 0.15) is 11.5 Å². The number of phenols is 2. The van der Waals surface area contributed by atoms with Crippen LogP contribution in [0.2, 0.25) is 0 Å². The fourth-order valence-corrected chi connectivity index (χ4v) is 6.48. The fraction of sp³-hybridized carbons (Fsp3) is 0.172. The second-order valence-corrected chi connectivity index (χ2v) is 11.0. The topological polar surface area (TPSA) is 76.0 Å². The Hall–Kier alpha value is -3.69. The lowest BCUT2D eigenvalue weighted by Gasteiger charge is -2.20. The van der Waals surface area contributed by atoms with E-state index in [1.807, 2.05) is 84.9 Å². The molecule has 4 rings (SSSR count). The minimum atomic E-state index is -2.97. The Morgan fingerprint density at radius 1 is 0.543 bits per heavy atom. The van der Waals surface area contributed by atoms with Crippen LogP contribution >= 0.6 is 7.14 Å². The highest BCUT2D eigenvalue weighted by Gasteiger charge is 2.29. The SMILES string of the molecule is O=P(c1ccccc1)(c1ccccc1)c1ccc(OCCCCCOc2ccc(O)c(O)c2)cc1. The molecule has 0 amide bonds. The van der Waals surface area contributed by atoms with Crippen molar-refractivity contribution in [2.45, 2.75) is 19.3 Å². The van der Waals surface area contributed by atoms with E-state index in [1.54, 1.807) is 6.07 Å². The van der Waals surface area contributed by atoms with Crippen molar-refractivity contribution in [1.29, 1.82) is 0 Å². The minimum Gasteiger partial charge on any atom is -0.504 e. The Balaban J connectivity index is 1.29. The Bertz CT molecular complexity index is 1210. The minimum absolute atomic E-state index is 0.162. The average Bonchev–Trinajstić information content (AvgIpc) is 2.91. The molecule has 0 saturated carbocycles. The van der Waals surface area contributed by atoms with Gasteiger partial charge in [0.25, 0.3) is 0 Å². The van der Waals surface area contributed by atoms with Gasteiger partial charge in [-0.3, -0.25) is 0 Å². The van der Waals surface area contributed by atoms with Gasteiger partial charge in [0.05, 0.1) is 13.2 Å². The third-order valence-corrected chi connectivity index (χ3v) is 8.79. The zero-order valence-corrected chi connectivity index (χ0v) is 20.3. The Kier molecular flexibility index (Phi) is 8.12. The number of hydrogen-bond acceptors (Lipinski definition) is 5. The molecule has 2 N–H and O–H groups in total. The van der Waals surface area contributed by atoms with Crippen LogP contribution in [-0.2, 0) is 4.57 Å². The van der Waals surface area contributed by atoms with E-state index in [9.17, 15) is 14.8 Å². The van der Waals surface area contributed by atoms with Crippen molar-refractivity contribution >= 4 is 23.1 Å². The molecule has 0 heterocycles. The first-order valence-corrected chi connectivity index (χ1v) is 13.4. The van der Waals surface area contributed by atoms with Crippen LogP contribution in [0.5, 0.6) is 23.0 Å². The van der Waals surface area contributed by atoms with Crippen molar-refractivity contribution in [3.8, 4) is 23.0 Å². The fourth-order valence-electron chi connectivity index (χ4n) is 3.83. The molecule has 4 aromatic rings. The second kappa shape index (κ2) is 11.6. The van der Waals surface area contributed by atoms with Gasteiger partial charge in [0.2, 0.25) is 0 Å². The zero-order valence-electron chi connectivity index (χ0n) is 19.4. The summed E-state index contributed by atoms with van der Waals surface area (Å²) in [6.07, 6.45) is 2.65. The predicted octanol–water partition coefficient (Wildman–Crippen LogP) is 5.37. The maximum absolute atomic E-state index is 14.3. The van der Waals surface area contributed by atoms with Crippen LogP contribution in [-0.4, -0.2) is 23.4 Å². The molecule has 0 unspecified atom stereocenters. The number of unbranched alkanes of at least 4 members (excludes halogenated alkanes) is 2. The van der Waals surface area contributed by atoms with E-state index >= 15 is 0 Å². The van der Waals surface area contributed by atoms with E-state index in [2.05, 4.69) is 0 Å². The summed E-state index contributed by atoms with van der Waals surface area (Å²) in [7, 11) is -2.97. The Morgan fingerprint density at radius 3 is 1.57 bits per heavy atom. The number of ether oxygens (including phenoxy) is 2. The Labute approximate surface area is 206 Å². The van der Waals surface area contributed by atoms with Gasteiger partial charge in [-0.05, 0) is 55.7 Å². The number of aromatic hydroxyl groups is 2. The molecule has 0 fully saturated rings. The van der Waals surface area contributed by atoms with Gasteiger partial charge in [-0.1, -0.05) is 60.7 Å². The quantitative estimate of drug-likeness (QED) is 0.169. The molecule has 5 nitrogen and oxygen atoms in total. The molecular formula is C29H29O5P. The lowest BCUT2D eigenvalue weighted by molar-refractivity contribution is 0.278.